The Morgan fingerprint density at radius 2 is 1.92 bits per heavy atom. The van der Waals surface area contributed by atoms with E-state index in [-0.39, 0.29) is 5.56 Å². The van der Waals surface area contributed by atoms with Crippen LogP contribution in [0, 0.1) is 0 Å². The van der Waals surface area contributed by atoms with E-state index < -0.39 is 18.7 Å². The number of hydrogen-bond acceptors (Lipinski definition) is 7. The van der Waals surface area contributed by atoms with E-state index in [0.717, 1.165) is 22.4 Å². The minimum atomic E-state index is -1.09. The number of aromatic amines is 1. The first-order chi connectivity index (χ1) is 17.9. The lowest BCUT2D eigenvalue weighted by Crippen LogP contribution is -2.55. The third-order valence-corrected chi connectivity index (χ3v) is 7.04. The van der Waals surface area contributed by atoms with Crippen molar-refractivity contribution in [3.8, 4) is 22.8 Å². The largest absolute Gasteiger partial charge is 0.493 e. The van der Waals surface area contributed by atoms with Crippen molar-refractivity contribution in [1.82, 2.24) is 10.1 Å². The number of thioether (sulfide) groups is 1. The van der Waals surface area contributed by atoms with Crippen molar-refractivity contribution in [1.29, 1.82) is 0 Å². The maximum absolute atomic E-state index is 13.3. The molecule has 9 nitrogen and oxygen atoms in total. The maximum Gasteiger partial charge on any atom is 0.341 e. The predicted octanol–water partition coefficient (Wildman–Crippen LogP) is 4.11. The highest BCUT2D eigenvalue weighted by Gasteiger charge is 2.38. The first kappa shape index (κ1) is 24.7. The van der Waals surface area contributed by atoms with Crippen LogP contribution in [0.25, 0.3) is 11.3 Å². The number of carbonyl (C=O) groups is 1. The summed E-state index contributed by atoms with van der Waals surface area (Å²) in [6.45, 7) is -0.495. The second-order valence-electron chi connectivity index (χ2n) is 8.12. The van der Waals surface area contributed by atoms with Crippen LogP contribution < -0.4 is 25.0 Å². The lowest BCUT2D eigenvalue weighted by Gasteiger charge is -2.23. The van der Waals surface area contributed by atoms with Gasteiger partial charge in [0.15, 0.2) is 18.1 Å². The van der Waals surface area contributed by atoms with E-state index in [0.29, 0.717) is 33.1 Å². The van der Waals surface area contributed by atoms with Gasteiger partial charge in [0.1, 0.15) is 0 Å². The van der Waals surface area contributed by atoms with Crippen LogP contribution in [0.2, 0.25) is 5.02 Å². The molecule has 3 aromatic carbocycles. The van der Waals surface area contributed by atoms with Crippen LogP contribution >= 0.6 is 23.4 Å². The number of carboxylic acids is 1. The minimum absolute atomic E-state index is 0.274. The van der Waals surface area contributed by atoms with E-state index in [4.69, 9.17) is 31.3 Å². The Hall–Kier alpha value is -4.02. The molecule has 0 unspecified atom stereocenters. The maximum atomic E-state index is 13.3. The number of H-pyrrole nitrogens is 1. The smallest absolute Gasteiger partial charge is 0.341 e. The summed E-state index contributed by atoms with van der Waals surface area (Å²) in [4.78, 5) is 27.2. The molecule has 4 aromatic rings. The van der Waals surface area contributed by atoms with Gasteiger partial charge >= 0.3 is 17.2 Å². The molecule has 0 saturated heterocycles. The summed E-state index contributed by atoms with van der Waals surface area (Å²) >= 11 is 7.67. The van der Waals surface area contributed by atoms with Gasteiger partial charge in [-0.1, -0.05) is 53.7 Å². The molecule has 5 rings (SSSR count). The quantitative estimate of drug-likeness (QED) is 0.227. The van der Waals surface area contributed by atoms with Crippen molar-refractivity contribution >= 4 is 35.0 Å². The Morgan fingerprint density at radius 1 is 1.14 bits per heavy atom. The number of halogens is 1. The molecule has 1 aliphatic rings. The van der Waals surface area contributed by atoms with Gasteiger partial charge in [0.05, 0.1) is 18.4 Å². The van der Waals surface area contributed by atoms with Crippen LogP contribution in [0.5, 0.6) is 11.5 Å². The highest BCUT2D eigenvalue weighted by atomic mass is 35.5. The van der Waals surface area contributed by atoms with E-state index in [1.807, 2.05) is 48.5 Å². The molecule has 2 heterocycles. The number of nitrogens with one attached hydrogen (secondary N) is 2. The predicted molar refractivity (Wildman–Crippen MR) is 139 cm³/mol. The van der Waals surface area contributed by atoms with Crippen molar-refractivity contribution < 1.29 is 24.1 Å². The number of nitrogens with zero attached hydrogens (tertiary/aromatic N) is 2. The summed E-state index contributed by atoms with van der Waals surface area (Å²) in [5.74, 6) is 0.0937. The van der Waals surface area contributed by atoms with Crippen LogP contribution in [0.4, 0.5) is 5.69 Å². The number of para-hydroxylation sites is 1. The monoisotopic (exact) mass is 537 g/mol. The molecule has 0 spiro atoms. The second-order valence-corrected chi connectivity index (χ2v) is 9.49. The minimum Gasteiger partial charge on any atom is -0.493 e. The van der Waals surface area contributed by atoms with Gasteiger partial charge in [0, 0.05) is 21.4 Å². The summed E-state index contributed by atoms with van der Waals surface area (Å²) in [6.07, 6.45) is -0.547. The Labute approximate surface area is 221 Å². The first-order valence-corrected chi connectivity index (χ1v) is 12.6. The molecule has 0 saturated carbocycles. The highest BCUT2D eigenvalue weighted by Crippen LogP contribution is 2.35. The fraction of sp³-hybridized carbons (Fsp3) is 0.154. The van der Waals surface area contributed by atoms with Crippen molar-refractivity contribution in [2.75, 3.05) is 19.0 Å². The van der Waals surface area contributed by atoms with E-state index in [1.54, 1.807) is 22.9 Å². The molecule has 1 atom stereocenters. The number of carboxylic acid groups (broad SMARTS) is 1. The number of aromatic nitrogens is 3. The molecule has 0 radical (unpaired) electrons. The number of fused-ring (bicyclic) bond motifs is 3. The normalized spacial score (nSPS) is 13.7. The molecule has 0 amide bonds. The zero-order valence-electron chi connectivity index (χ0n) is 19.6. The molecule has 11 heteroatoms. The van der Waals surface area contributed by atoms with Gasteiger partial charge in [-0.2, -0.15) is 0 Å². The Bertz CT molecular complexity index is 1540. The van der Waals surface area contributed by atoms with Gasteiger partial charge in [0.25, 0.3) is 6.17 Å². The van der Waals surface area contributed by atoms with Crippen molar-refractivity contribution in [2.24, 2.45) is 0 Å². The zero-order chi connectivity index (χ0) is 25.9. The summed E-state index contributed by atoms with van der Waals surface area (Å²) in [5.41, 5.74) is 3.31. The number of anilines is 1. The van der Waals surface area contributed by atoms with E-state index in [9.17, 15) is 9.59 Å². The second kappa shape index (κ2) is 10.5. The van der Waals surface area contributed by atoms with Gasteiger partial charge in [0.2, 0.25) is 5.16 Å². The van der Waals surface area contributed by atoms with Gasteiger partial charge in [-0.15, -0.1) is 0 Å². The number of benzene rings is 3. The molecule has 0 aliphatic carbocycles. The molecular formula is C26H22ClN4O5S+. The number of ether oxygens (including phenoxy) is 2. The molecule has 0 fully saturated rings. The Kier molecular flexibility index (Phi) is 7.02. The average molecular weight is 538 g/mol. The van der Waals surface area contributed by atoms with Crippen LogP contribution in [0.1, 0.15) is 17.3 Å². The molecule has 3 N–H and O–H groups in total. The molecule has 1 aromatic heterocycles. The van der Waals surface area contributed by atoms with Crippen LogP contribution in [-0.4, -0.2) is 34.9 Å². The SMILES string of the molecule is COc1cc([C@@H]2Nc3ccccc3-c3c(=O)[nH]c(SCc4ccccc4Cl)n[n+]32)ccc1OCC(=O)O. The molecule has 188 valence electrons. The third-order valence-electron chi connectivity index (χ3n) is 5.76. The summed E-state index contributed by atoms with van der Waals surface area (Å²) in [6, 6.07) is 20.2. The standard InChI is InChI=1S/C26H21ClN4O5S/c1-35-21-12-15(10-11-20(21)36-13-22(32)33)24-28-19-9-5-3-7-17(19)23-25(34)29-26(30-31(23)24)37-14-16-6-2-4-8-18(16)27/h2-12,24H,13-14H2,1H3,(H2,29,30,32,33,34)/p+1/t24-/m1/s1. The lowest BCUT2D eigenvalue weighted by molar-refractivity contribution is -0.759. The van der Waals surface area contributed by atoms with Gasteiger partial charge in [-0.05, 0) is 46.6 Å². The van der Waals surface area contributed by atoms with E-state index in [2.05, 4.69) is 10.3 Å². The fourth-order valence-corrected chi connectivity index (χ4v) is 5.19. The lowest BCUT2D eigenvalue weighted by atomic mass is 10.0. The molecular weight excluding hydrogens is 516 g/mol. The molecule has 37 heavy (non-hydrogen) atoms. The number of aliphatic carboxylic acids is 1. The van der Waals surface area contributed by atoms with Crippen molar-refractivity contribution in [3.05, 3.63) is 93.2 Å². The summed E-state index contributed by atoms with van der Waals surface area (Å²) < 4.78 is 12.5. The zero-order valence-corrected chi connectivity index (χ0v) is 21.2. The van der Waals surface area contributed by atoms with Gasteiger partial charge < -0.3 is 19.9 Å². The number of methoxy groups -OCH3 is 1. The topological polar surface area (TPSA) is 117 Å². The van der Waals surface area contributed by atoms with E-state index in [1.165, 1.54) is 18.9 Å². The molecule has 1 aliphatic heterocycles. The van der Waals surface area contributed by atoms with E-state index >= 15 is 0 Å². The van der Waals surface area contributed by atoms with Gasteiger partial charge in [-0.25, -0.2) is 4.79 Å². The van der Waals surface area contributed by atoms with Gasteiger partial charge in [-0.3, -0.25) is 9.78 Å². The Balaban J connectivity index is 1.56. The average Bonchev–Trinajstić information content (AvgIpc) is 2.90. The first-order valence-electron chi connectivity index (χ1n) is 11.3. The van der Waals surface area contributed by atoms with Crippen molar-refractivity contribution in [3.63, 3.8) is 0 Å². The van der Waals surface area contributed by atoms with Crippen molar-refractivity contribution in [2.45, 2.75) is 17.1 Å². The van der Waals surface area contributed by atoms with Crippen LogP contribution in [-0.2, 0) is 10.5 Å². The molecule has 0 bridgehead atoms. The Morgan fingerprint density at radius 3 is 2.70 bits per heavy atom. The number of rotatable bonds is 8. The third kappa shape index (κ3) is 5.11. The van der Waals surface area contributed by atoms with Crippen LogP contribution in [0.3, 0.4) is 0 Å². The van der Waals surface area contributed by atoms with Crippen LogP contribution in [0.15, 0.2) is 76.7 Å². The highest BCUT2D eigenvalue weighted by molar-refractivity contribution is 7.98. The fourth-order valence-electron chi connectivity index (χ4n) is 4.05. The summed E-state index contributed by atoms with van der Waals surface area (Å²) in [5, 5.41) is 18.3. The summed E-state index contributed by atoms with van der Waals surface area (Å²) in [7, 11) is 1.48. The number of hydrogen-bond donors (Lipinski definition) is 3.